The van der Waals surface area contributed by atoms with Crippen LogP contribution < -0.4 is 4.31 Å². The van der Waals surface area contributed by atoms with E-state index < -0.39 is 15.8 Å². The monoisotopic (exact) mass is 370 g/mol. The summed E-state index contributed by atoms with van der Waals surface area (Å²) in [4.78, 5) is 4.06. The number of hydrogen-bond donors (Lipinski definition) is 0. The van der Waals surface area contributed by atoms with Crippen molar-refractivity contribution in [1.29, 1.82) is 0 Å². The molecule has 0 atom stereocenters. The summed E-state index contributed by atoms with van der Waals surface area (Å²) in [6.45, 7) is 2.13. The molecule has 26 heavy (non-hydrogen) atoms. The van der Waals surface area contributed by atoms with Gasteiger partial charge < -0.3 is 0 Å². The van der Waals surface area contributed by atoms with Gasteiger partial charge in [0.15, 0.2) is 0 Å². The third-order valence-electron chi connectivity index (χ3n) is 3.97. The van der Waals surface area contributed by atoms with Crippen molar-refractivity contribution < 1.29 is 12.8 Å². The van der Waals surface area contributed by atoms with Crippen molar-refractivity contribution in [2.24, 2.45) is 0 Å². The van der Waals surface area contributed by atoms with Crippen LogP contribution in [0.2, 0.25) is 0 Å². The molecule has 0 amide bonds. The van der Waals surface area contributed by atoms with E-state index in [0.29, 0.717) is 11.3 Å². The molecule has 6 heteroatoms. The highest BCUT2D eigenvalue weighted by atomic mass is 32.2. The zero-order valence-corrected chi connectivity index (χ0v) is 15.2. The molecule has 2 aromatic carbocycles. The van der Waals surface area contributed by atoms with Gasteiger partial charge in [0.2, 0.25) is 10.0 Å². The lowest BCUT2D eigenvalue weighted by Crippen LogP contribution is -2.31. The molecule has 4 nitrogen and oxygen atoms in total. The minimum absolute atomic E-state index is 0.181. The number of aromatic nitrogens is 1. The number of anilines is 1. The molecule has 0 saturated heterocycles. The molecule has 3 aromatic rings. The van der Waals surface area contributed by atoms with E-state index in [-0.39, 0.29) is 12.3 Å². The van der Waals surface area contributed by atoms with Crippen LogP contribution in [0.25, 0.3) is 0 Å². The Balaban J connectivity index is 1.95. The number of sulfonamides is 1. The molecule has 0 N–H and O–H groups in total. The van der Waals surface area contributed by atoms with Crippen LogP contribution in [0.4, 0.5) is 10.1 Å². The molecule has 1 heterocycles. The lowest BCUT2D eigenvalue weighted by molar-refractivity contribution is 0.589. The number of aryl methyl sites for hydroxylation is 1. The zero-order valence-electron chi connectivity index (χ0n) is 14.3. The maximum absolute atomic E-state index is 13.1. The Morgan fingerprint density at radius 1 is 0.962 bits per heavy atom. The topological polar surface area (TPSA) is 50.3 Å². The minimum Gasteiger partial charge on any atom is -0.265 e. The maximum atomic E-state index is 13.1. The fourth-order valence-electron chi connectivity index (χ4n) is 2.59. The first-order chi connectivity index (χ1) is 12.4. The minimum atomic E-state index is -3.67. The molecule has 0 saturated carbocycles. The van der Waals surface area contributed by atoms with Crippen LogP contribution in [0.3, 0.4) is 0 Å². The van der Waals surface area contributed by atoms with Crippen LogP contribution in [0.5, 0.6) is 0 Å². The largest absolute Gasteiger partial charge is 0.265 e. The summed E-state index contributed by atoms with van der Waals surface area (Å²) in [5.74, 6) is -0.599. The summed E-state index contributed by atoms with van der Waals surface area (Å²) in [5.41, 5.74) is 2.96. The van der Waals surface area contributed by atoms with Gasteiger partial charge in [-0.15, -0.1) is 0 Å². The van der Waals surface area contributed by atoms with E-state index in [1.165, 1.54) is 28.6 Å². The van der Waals surface area contributed by atoms with Gasteiger partial charge in [0, 0.05) is 12.4 Å². The van der Waals surface area contributed by atoms with Gasteiger partial charge in [0.1, 0.15) is 5.82 Å². The second kappa shape index (κ2) is 7.66. The van der Waals surface area contributed by atoms with E-state index in [4.69, 9.17) is 0 Å². The molecular weight excluding hydrogens is 351 g/mol. The Labute approximate surface area is 153 Å². The number of hydrogen-bond acceptors (Lipinski definition) is 3. The first-order valence-corrected chi connectivity index (χ1v) is 9.75. The van der Waals surface area contributed by atoms with E-state index >= 15 is 0 Å². The predicted octanol–water partition coefficient (Wildman–Crippen LogP) is 4.07. The van der Waals surface area contributed by atoms with Crippen LogP contribution in [0.1, 0.15) is 16.7 Å². The molecule has 0 unspecified atom stereocenters. The van der Waals surface area contributed by atoms with Gasteiger partial charge in [-0.3, -0.25) is 9.29 Å². The molecule has 0 spiro atoms. The lowest BCUT2D eigenvalue weighted by Gasteiger charge is -2.25. The molecule has 3 rings (SSSR count). The molecule has 0 fully saturated rings. The first kappa shape index (κ1) is 18.1. The van der Waals surface area contributed by atoms with Gasteiger partial charge in [0.25, 0.3) is 0 Å². The first-order valence-electron chi connectivity index (χ1n) is 8.14. The number of rotatable bonds is 6. The average Bonchev–Trinajstić information content (AvgIpc) is 2.63. The number of nitrogens with zero attached hydrogens (tertiary/aromatic N) is 2. The van der Waals surface area contributed by atoms with Gasteiger partial charge in [0.05, 0.1) is 18.0 Å². The van der Waals surface area contributed by atoms with Crippen LogP contribution in [-0.4, -0.2) is 13.4 Å². The number of halogens is 1. The van der Waals surface area contributed by atoms with E-state index in [1.807, 2.05) is 25.1 Å². The second-order valence-electron chi connectivity index (χ2n) is 6.09. The molecule has 0 aliphatic carbocycles. The molecule has 0 aliphatic rings. The summed E-state index contributed by atoms with van der Waals surface area (Å²) in [6, 6.07) is 16.4. The number of pyridine rings is 1. The fourth-order valence-corrected chi connectivity index (χ4v) is 4.15. The van der Waals surface area contributed by atoms with Crippen LogP contribution in [0, 0.1) is 12.7 Å². The average molecular weight is 370 g/mol. The highest BCUT2D eigenvalue weighted by molar-refractivity contribution is 7.92. The molecule has 1 aromatic heterocycles. The van der Waals surface area contributed by atoms with E-state index in [2.05, 4.69) is 4.98 Å². The van der Waals surface area contributed by atoms with Crippen molar-refractivity contribution in [3.8, 4) is 0 Å². The SMILES string of the molecule is Cc1ccc(N(Cc2cccnc2)S(=O)(=O)Cc2ccc(F)cc2)cc1. The second-order valence-corrected chi connectivity index (χ2v) is 7.98. The van der Waals surface area contributed by atoms with Gasteiger partial charge in [-0.25, -0.2) is 12.8 Å². The van der Waals surface area contributed by atoms with Gasteiger partial charge in [-0.2, -0.15) is 0 Å². The summed E-state index contributed by atoms with van der Waals surface area (Å²) in [6.07, 6.45) is 3.29. The van der Waals surface area contributed by atoms with Crippen LogP contribution >= 0.6 is 0 Å². The highest BCUT2D eigenvalue weighted by Gasteiger charge is 2.23. The smallest absolute Gasteiger partial charge is 0.239 e. The zero-order chi connectivity index (χ0) is 18.6. The molecular formula is C20H19FN2O2S. The fraction of sp³-hybridized carbons (Fsp3) is 0.150. The van der Waals surface area contributed by atoms with Gasteiger partial charge in [-0.1, -0.05) is 35.9 Å². The standard InChI is InChI=1S/C20H19FN2O2S/c1-16-4-10-20(11-5-16)23(14-18-3-2-12-22-13-18)26(24,25)15-17-6-8-19(21)9-7-17/h2-13H,14-15H2,1H3. The summed E-state index contributed by atoms with van der Waals surface area (Å²) in [5, 5.41) is 0. The van der Waals surface area contributed by atoms with Crippen molar-refractivity contribution in [3.63, 3.8) is 0 Å². The highest BCUT2D eigenvalue weighted by Crippen LogP contribution is 2.24. The third-order valence-corrected chi connectivity index (χ3v) is 5.68. The Bertz CT molecular complexity index is 957. The number of benzene rings is 2. The Hall–Kier alpha value is -2.73. The Kier molecular flexibility index (Phi) is 5.32. The summed E-state index contributed by atoms with van der Waals surface area (Å²) in [7, 11) is -3.67. The van der Waals surface area contributed by atoms with Crippen molar-refractivity contribution in [3.05, 3.63) is 95.6 Å². The van der Waals surface area contributed by atoms with E-state index in [1.54, 1.807) is 30.6 Å². The van der Waals surface area contributed by atoms with Crippen molar-refractivity contribution in [2.45, 2.75) is 19.2 Å². The molecule has 0 aliphatic heterocycles. The maximum Gasteiger partial charge on any atom is 0.239 e. The molecule has 134 valence electrons. The van der Waals surface area contributed by atoms with Crippen LogP contribution in [0.15, 0.2) is 73.1 Å². The summed E-state index contributed by atoms with van der Waals surface area (Å²) >= 11 is 0. The van der Waals surface area contributed by atoms with Crippen molar-refractivity contribution in [2.75, 3.05) is 4.31 Å². The van der Waals surface area contributed by atoms with E-state index in [9.17, 15) is 12.8 Å². The molecule has 0 radical (unpaired) electrons. The normalized spacial score (nSPS) is 11.3. The lowest BCUT2D eigenvalue weighted by atomic mass is 10.2. The quantitative estimate of drug-likeness (QED) is 0.657. The molecule has 0 bridgehead atoms. The van der Waals surface area contributed by atoms with Gasteiger partial charge >= 0.3 is 0 Å². The van der Waals surface area contributed by atoms with Crippen LogP contribution in [-0.2, 0) is 22.3 Å². The summed E-state index contributed by atoms with van der Waals surface area (Å²) < 4.78 is 40.6. The third kappa shape index (κ3) is 4.46. The Morgan fingerprint density at radius 3 is 2.27 bits per heavy atom. The van der Waals surface area contributed by atoms with Crippen molar-refractivity contribution >= 4 is 15.7 Å². The van der Waals surface area contributed by atoms with E-state index in [0.717, 1.165) is 11.1 Å². The Morgan fingerprint density at radius 2 is 1.65 bits per heavy atom. The van der Waals surface area contributed by atoms with Gasteiger partial charge in [-0.05, 0) is 48.4 Å². The van der Waals surface area contributed by atoms with Crippen molar-refractivity contribution in [1.82, 2.24) is 4.98 Å². The predicted molar refractivity (Wildman–Crippen MR) is 101 cm³/mol.